The summed E-state index contributed by atoms with van der Waals surface area (Å²) in [4.78, 5) is 6.51. The van der Waals surface area contributed by atoms with Crippen LogP contribution in [0.4, 0.5) is 0 Å². The van der Waals surface area contributed by atoms with Gasteiger partial charge in [0.1, 0.15) is 0 Å². The maximum Gasteiger partial charge on any atom is 0.0626 e. The van der Waals surface area contributed by atoms with E-state index in [-0.39, 0.29) is 6.61 Å². The van der Waals surface area contributed by atoms with Crippen LogP contribution in [0.25, 0.3) is 0 Å². The second kappa shape index (κ2) is 5.78. The lowest BCUT2D eigenvalue weighted by Gasteiger charge is -2.32. The number of hydrogen-bond donors (Lipinski definition) is 2. The topological polar surface area (TPSA) is 62.4 Å². The van der Waals surface area contributed by atoms with Gasteiger partial charge in [0.2, 0.25) is 0 Å². The lowest BCUT2D eigenvalue weighted by atomic mass is 9.95. The van der Waals surface area contributed by atoms with E-state index in [0.29, 0.717) is 5.92 Å². The molecular weight excluding hydrogens is 226 g/mol. The highest BCUT2D eigenvalue weighted by Gasteiger charge is 2.42. The molecule has 1 saturated carbocycles. The molecule has 1 fully saturated rings. The van der Waals surface area contributed by atoms with Crippen LogP contribution in [0, 0.1) is 5.92 Å². The molecular formula is C14H23N3O. The van der Waals surface area contributed by atoms with Gasteiger partial charge in [-0.3, -0.25) is 4.98 Å². The van der Waals surface area contributed by atoms with E-state index in [1.807, 2.05) is 24.4 Å². The number of aliphatic hydroxyl groups excluding tert-OH is 1. The first-order valence-electron chi connectivity index (χ1n) is 6.62. The van der Waals surface area contributed by atoms with Gasteiger partial charge in [-0.15, -0.1) is 0 Å². The molecule has 0 radical (unpaired) electrons. The van der Waals surface area contributed by atoms with Gasteiger partial charge in [0.15, 0.2) is 0 Å². The highest BCUT2D eigenvalue weighted by atomic mass is 16.3. The van der Waals surface area contributed by atoms with Crippen molar-refractivity contribution >= 4 is 0 Å². The number of aromatic nitrogens is 1. The summed E-state index contributed by atoms with van der Waals surface area (Å²) in [5, 5.41) is 9.47. The van der Waals surface area contributed by atoms with E-state index in [4.69, 9.17) is 5.73 Å². The predicted octanol–water partition coefficient (Wildman–Crippen LogP) is 0.656. The molecule has 2 rings (SSSR count). The zero-order chi connectivity index (χ0) is 13.0. The minimum atomic E-state index is -0.418. The van der Waals surface area contributed by atoms with Crippen molar-refractivity contribution in [2.24, 2.45) is 11.7 Å². The Morgan fingerprint density at radius 1 is 1.50 bits per heavy atom. The first kappa shape index (κ1) is 13.5. The van der Waals surface area contributed by atoms with Crippen LogP contribution in [0.2, 0.25) is 0 Å². The molecule has 1 aromatic rings. The number of pyridine rings is 1. The number of aliphatic hydroxyl groups is 1. The zero-order valence-electron chi connectivity index (χ0n) is 11.0. The molecule has 0 bridgehead atoms. The van der Waals surface area contributed by atoms with E-state index in [0.717, 1.165) is 38.0 Å². The van der Waals surface area contributed by atoms with Crippen molar-refractivity contribution in [3.05, 3.63) is 30.1 Å². The van der Waals surface area contributed by atoms with Gasteiger partial charge >= 0.3 is 0 Å². The third kappa shape index (κ3) is 3.51. The summed E-state index contributed by atoms with van der Waals surface area (Å²) in [6.07, 6.45) is 5.06. The van der Waals surface area contributed by atoms with E-state index in [1.54, 1.807) is 0 Å². The summed E-state index contributed by atoms with van der Waals surface area (Å²) in [6, 6.07) is 5.97. The fourth-order valence-corrected chi connectivity index (χ4v) is 2.40. The van der Waals surface area contributed by atoms with Crippen molar-refractivity contribution in [3.8, 4) is 0 Å². The largest absolute Gasteiger partial charge is 0.394 e. The first-order valence-corrected chi connectivity index (χ1v) is 6.62. The van der Waals surface area contributed by atoms with Gasteiger partial charge in [-0.05, 0) is 37.9 Å². The fourth-order valence-electron chi connectivity index (χ4n) is 2.40. The molecule has 18 heavy (non-hydrogen) atoms. The molecule has 4 heteroatoms. The molecule has 1 unspecified atom stereocenters. The molecule has 1 heterocycles. The Balaban J connectivity index is 1.79. The summed E-state index contributed by atoms with van der Waals surface area (Å²) < 4.78 is 0. The Morgan fingerprint density at radius 2 is 2.28 bits per heavy atom. The second-order valence-electron chi connectivity index (χ2n) is 5.47. The van der Waals surface area contributed by atoms with Crippen molar-refractivity contribution in [2.75, 3.05) is 26.7 Å². The maximum atomic E-state index is 9.47. The Bertz CT molecular complexity index is 367. The third-order valence-corrected chi connectivity index (χ3v) is 3.72. The lowest BCUT2D eigenvalue weighted by molar-refractivity contribution is 0.134. The fraction of sp³-hybridized carbons (Fsp3) is 0.643. The van der Waals surface area contributed by atoms with Crippen LogP contribution in [0.1, 0.15) is 18.5 Å². The van der Waals surface area contributed by atoms with Crippen molar-refractivity contribution in [1.29, 1.82) is 0 Å². The number of rotatable bonds is 7. The van der Waals surface area contributed by atoms with E-state index < -0.39 is 5.54 Å². The van der Waals surface area contributed by atoms with E-state index in [1.165, 1.54) is 0 Å². The Morgan fingerprint density at radius 3 is 2.83 bits per heavy atom. The van der Waals surface area contributed by atoms with Crippen molar-refractivity contribution in [3.63, 3.8) is 0 Å². The SMILES string of the molecule is CN(CCc1ccccn1)CC(N)(CO)C1CC1. The van der Waals surface area contributed by atoms with Gasteiger partial charge in [0, 0.05) is 31.4 Å². The number of hydrogen-bond acceptors (Lipinski definition) is 4. The van der Waals surface area contributed by atoms with Crippen LogP contribution in [0.15, 0.2) is 24.4 Å². The summed E-state index contributed by atoms with van der Waals surface area (Å²) in [5.74, 6) is 0.500. The average molecular weight is 249 g/mol. The predicted molar refractivity (Wildman–Crippen MR) is 72.2 cm³/mol. The van der Waals surface area contributed by atoms with E-state index in [9.17, 15) is 5.11 Å². The van der Waals surface area contributed by atoms with Crippen LogP contribution in [-0.2, 0) is 6.42 Å². The Kier molecular flexibility index (Phi) is 4.32. The smallest absolute Gasteiger partial charge is 0.0626 e. The quantitative estimate of drug-likeness (QED) is 0.745. The molecule has 1 atom stereocenters. The van der Waals surface area contributed by atoms with E-state index >= 15 is 0 Å². The lowest BCUT2D eigenvalue weighted by Crippen LogP contribution is -2.54. The molecule has 4 nitrogen and oxygen atoms in total. The Hall–Kier alpha value is -0.970. The van der Waals surface area contributed by atoms with Crippen LogP contribution < -0.4 is 5.73 Å². The summed E-state index contributed by atoms with van der Waals surface area (Å²) in [7, 11) is 2.06. The van der Waals surface area contributed by atoms with Crippen molar-refractivity contribution in [1.82, 2.24) is 9.88 Å². The van der Waals surface area contributed by atoms with Crippen molar-refractivity contribution in [2.45, 2.75) is 24.8 Å². The minimum Gasteiger partial charge on any atom is -0.394 e. The number of likely N-dealkylation sites (N-methyl/N-ethyl adjacent to an activating group) is 1. The molecule has 0 spiro atoms. The normalized spacial score (nSPS) is 18.9. The highest BCUT2D eigenvalue weighted by molar-refractivity contribution is 5.04. The second-order valence-corrected chi connectivity index (χ2v) is 5.47. The third-order valence-electron chi connectivity index (χ3n) is 3.72. The molecule has 0 aliphatic heterocycles. The molecule has 3 N–H and O–H groups in total. The highest BCUT2D eigenvalue weighted by Crippen LogP contribution is 2.38. The molecule has 1 aliphatic rings. The number of nitrogens with two attached hydrogens (primary N) is 1. The molecule has 1 aliphatic carbocycles. The minimum absolute atomic E-state index is 0.0750. The standard InChI is InChI=1S/C14H23N3O/c1-17(9-7-13-4-2-3-8-16-13)10-14(15,11-18)12-5-6-12/h2-4,8,12,18H,5-7,9-11,15H2,1H3. The zero-order valence-corrected chi connectivity index (χ0v) is 11.0. The van der Waals surface area contributed by atoms with Gasteiger partial charge < -0.3 is 15.7 Å². The summed E-state index contributed by atoms with van der Waals surface area (Å²) >= 11 is 0. The van der Waals surface area contributed by atoms with Gasteiger partial charge in [-0.2, -0.15) is 0 Å². The molecule has 0 amide bonds. The van der Waals surface area contributed by atoms with Gasteiger partial charge in [-0.1, -0.05) is 6.07 Å². The van der Waals surface area contributed by atoms with E-state index in [2.05, 4.69) is 16.9 Å². The van der Waals surface area contributed by atoms with Gasteiger partial charge in [0.25, 0.3) is 0 Å². The van der Waals surface area contributed by atoms with Crippen LogP contribution >= 0.6 is 0 Å². The summed E-state index contributed by atoms with van der Waals surface area (Å²) in [6.45, 7) is 1.75. The first-order chi connectivity index (χ1) is 8.64. The molecule has 0 saturated heterocycles. The van der Waals surface area contributed by atoms with Gasteiger partial charge in [0.05, 0.1) is 12.1 Å². The van der Waals surface area contributed by atoms with Crippen LogP contribution in [0.5, 0.6) is 0 Å². The maximum absolute atomic E-state index is 9.47. The summed E-state index contributed by atoms with van der Waals surface area (Å²) in [5.41, 5.74) is 6.95. The molecule has 0 aromatic carbocycles. The van der Waals surface area contributed by atoms with Crippen LogP contribution in [0.3, 0.4) is 0 Å². The molecule has 1 aromatic heterocycles. The number of nitrogens with zero attached hydrogens (tertiary/aromatic N) is 2. The average Bonchev–Trinajstić information content (AvgIpc) is 3.22. The monoisotopic (exact) mass is 249 g/mol. The Labute approximate surface area is 109 Å². The van der Waals surface area contributed by atoms with Crippen LogP contribution in [-0.4, -0.2) is 47.3 Å². The molecule has 100 valence electrons. The van der Waals surface area contributed by atoms with Gasteiger partial charge in [-0.25, -0.2) is 0 Å². The van der Waals surface area contributed by atoms with Crippen molar-refractivity contribution < 1.29 is 5.11 Å².